The fraction of sp³-hybridized carbons (Fsp3) is 0.0667. The van der Waals surface area contributed by atoms with Crippen molar-refractivity contribution in [2.45, 2.75) is 4.90 Å². The van der Waals surface area contributed by atoms with Gasteiger partial charge in [0.15, 0.2) is 9.84 Å². The smallest absolute Gasteiger partial charge is 0.248 e. The van der Waals surface area contributed by atoms with Crippen LogP contribution in [0.1, 0.15) is 0 Å². The molecule has 1 N–H and O–H groups in total. The van der Waals surface area contributed by atoms with Crippen molar-refractivity contribution in [3.63, 3.8) is 0 Å². The molecule has 0 spiro atoms. The van der Waals surface area contributed by atoms with Gasteiger partial charge < -0.3 is 4.98 Å². The SMILES string of the molecule is CS(=O)(=O)c1cccc(-c2csc(-c3cc[nH]c(=O)c3)n2)c1. The molecule has 5 nitrogen and oxygen atoms in total. The number of rotatable bonds is 3. The van der Waals surface area contributed by atoms with Crippen molar-refractivity contribution < 1.29 is 8.42 Å². The molecule has 3 rings (SSSR count). The van der Waals surface area contributed by atoms with Gasteiger partial charge in [-0.25, -0.2) is 13.4 Å². The van der Waals surface area contributed by atoms with Gasteiger partial charge in [-0.15, -0.1) is 11.3 Å². The average molecular weight is 332 g/mol. The first-order chi connectivity index (χ1) is 10.4. The molecule has 0 saturated heterocycles. The molecule has 2 aromatic heterocycles. The Labute approximate surface area is 131 Å². The van der Waals surface area contributed by atoms with E-state index in [1.165, 1.54) is 23.7 Å². The van der Waals surface area contributed by atoms with Crippen LogP contribution in [-0.4, -0.2) is 24.6 Å². The van der Waals surface area contributed by atoms with E-state index in [2.05, 4.69) is 9.97 Å². The fourth-order valence-electron chi connectivity index (χ4n) is 2.00. The number of benzene rings is 1. The van der Waals surface area contributed by atoms with Crippen LogP contribution in [0.5, 0.6) is 0 Å². The lowest BCUT2D eigenvalue weighted by Crippen LogP contribution is -2.01. The predicted molar refractivity (Wildman–Crippen MR) is 86.7 cm³/mol. The van der Waals surface area contributed by atoms with Gasteiger partial charge in [0.2, 0.25) is 5.56 Å². The molecule has 0 saturated carbocycles. The third kappa shape index (κ3) is 3.00. The normalized spacial score (nSPS) is 11.5. The van der Waals surface area contributed by atoms with Crippen LogP contribution in [0.25, 0.3) is 21.8 Å². The lowest BCUT2D eigenvalue weighted by molar-refractivity contribution is 0.602. The molecule has 0 unspecified atom stereocenters. The molecular weight excluding hydrogens is 320 g/mol. The van der Waals surface area contributed by atoms with E-state index in [1.54, 1.807) is 30.5 Å². The van der Waals surface area contributed by atoms with E-state index in [-0.39, 0.29) is 10.5 Å². The van der Waals surface area contributed by atoms with Crippen LogP contribution in [0, 0.1) is 0 Å². The molecule has 0 radical (unpaired) electrons. The highest BCUT2D eigenvalue weighted by molar-refractivity contribution is 7.90. The molecule has 0 amide bonds. The molecule has 3 aromatic rings. The van der Waals surface area contributed by atoms with E-state index >= 15 is 0 Å². The Morgan fingerprint density at radius 1 is 1.14 bits per heavy atom. The van der Waals surface area contributed by atoms with Crippen LogP contribution in [0.15, 0.2) is 57.7 Å². The summed E-state index contributed by atoms with van der Waals surface area (Å²) < 4.78 is 23.2. The van der Waals surface area contributed by atoms with Crippen molar-refractivity contribution in [3.8, 4) is 21.8 Å². The van der Waals surface area contributed by atoms with Crippen molar-refractivity contribution in [2.24, 2.45) is 0 Å². The molecule has 22 heavy (non-hydrogen) atoms. The molecule has 2 heterocycles. The second-order valence-electron chi connectivity index (χ2n) is 4.78. The molecule has 0 aliphatic heterocycles. The van der Waals surface area contributed by atoms with Crippen LogP contribution >= 0.6 is 11.3 Å². The van der Waals surface area contributed by atoms with Gasteiger partial charge >= 0.3 is 0 Å². The minimum atomic E-state index is -3.25. The first-order valence-electron chi connectivity index (χ1n) is 6.38. The second-order valence-corrected chi connectivity index (χ2v) is 7.65. The van der Waals surface area contributed by atoms with Crippen LogP contribution in [-0.2, 0) is 9.84 Å². The average Bonchev–Trinajstić information content (AvgIpc) is 2.96. The minimum absolute atomic E-state index is 0.187. The van der Waals surface area contributed by atoms with Gasteiger partial charge in [0.1, 0.15) is 5.01 Å². The van der Waals surface area contributed by atoms with Crippen molar-refractivity contribution >= 4 is 21.2 Å². The molecule has 0 atom stereocenters. The quantitative estimate of drug-likeness (QED) is 0.799. The summed E-state index contributed by atoms with van der Waals surface area (Å²) in [4.78, 5) is 18.7. The Morgan fingerprint density at radius 2 is 1.95 bits per heavy atom. The Hall–Kier alpha value is -2.25. The maximum absolute atomic E-state index is 11.6. The predicted octanol–water partition coefficient (Wildman–Crippen LogP) is 2.57. The van der Waals surface area contributed by atoms with Crippen LogP contribution in [0.3, 0.4) is 0 Å². The number of sulfone groups is 1. The molecule has 0 bridgehead atoms. The summed E-state index contributed by atoms with van der Waals surface area (Å²) in [6.07, 6.45) is 2.75. The Balaban J connectivity index is 2.03. The van der Waals surface area contributed by atoms with E-state index in [9.17, 15) is 13.2 Å². The van der Waals surface area contributed by atoms with Gasteiger partial charge in [0.25, 0.3) is 0 Å². The minimum Gasteiger partial charge on any atom is -0.329 e. The third-order valence-corrected chi connectivity index (χ3v) is 5.09. The van der Waals surface area contributed by atoms with E-state index < -0.39 is 9.84 Å². The Bertz CT molecular complexity index is 988. The van der Waals surface area contributed by atoms with Gasteiger partial charge in [0.05, 0.1) is 10.6 Å². The summed E-state index contributed by atoms with van der Waals surface area (Å²) in [5.41, 5.74) is 1.97. The molecule has 0 fully saturated rings. The summed E-state index contributed by atoms with van der Waals surface area (Å²) >= 11 is 1.41. The number of H-pyrrole nitrogens is 1. The number of nitrogens with one attached hydrogen (secondary N) is 1. The van der Waals surface area contributed by atoms with Crippen molar-refractivity contribution in [1.29, 1.82) is 0 Å². The monoisotopic (exact) mass is 332 g/mol. The summed E-state index contributed by atoms with van der Waals surface area (Å²) in [5, 5.41) is 2.56. The largest absolute Gasteiger partial charge is 0.329 e. The lowest BCUT2D eigenvalue weighted by atomic mass is 10.2. The van der Waals surface area contributed by atoms with Crippen molar-refractivity contribution in [3.05, 3.63) is 58.3 Å². The molecule has 0 aliphatic rings. The molecule has 1 aromatic carbocycles. The van der Waals surface area contributed by atoms with Gasteiger partial charge in [-0.05, 0) is 18.2 Å². The highest BCUT2D eigenvalue weighted by Crippen LogP contribution is 2.29. The third-order valence-electron chi connectivity index (χ3n) is 3.08. The van der Waals surface area contributed by atoms with Crippen molar-refractivity contribution in [2.75, 3.05) is 6.26 Å². The Kier molecular flexibility index (Phi) is 3.67. The maximum Gasteiger partial charge on any atom is 0.248 e. The number of hydrogen-bond donors (Lipinski definition) is 1. The van der Waals surface area contributed by atoms with Gasteiger partial charge in [0, 0.05) is 35.0 Å². The van der Waals surface area contributed by atoms with Crippen molar-refractivity contribution in [1.82, 2.24) is 9.97 Å². The Morgan fingerprint density at radius 3 is 2.68 bits per heavy atom. The summed E-state index contributed by atoms with van der Waals surface area (Å²) in [6, 6.07) is 9.92. The zero-order valence-electron chi connectivity index (χ0n) is 11.6. The van der Waals surface area contributed by atoms with Crippen LogP contribution in [0.2, 0.25) is 0 Å². The van der Waals surface area contributed by atoms with Gasteiger partial charge in [-0.2, -0.15) is 0 Å². The van der Waals surface area contributed by atoms with Gasteiger partial charge in [-0.1, -0.05) is 12.1 Å². The standard InChI is InChI=1S/C15H12N2O3S2/c1-22(19,20)12-4-2-3-10(7-12)13-9-21-15(17-13)11-5-6-16-14(18)8-11/h2-9H,1H3,(H,16,18). The highest BCUT2D eigenvalue weighted by Gasteiger charge is 2.11. The number of thiazole rings is 1. The number of hydrogen-bond acceptors (Lipinski definition) is 5. The summed E-state index contributed by atoms with van der Waals surface area (Å²) in [7, 11) is -3.25. The van der Waals surface area contributed by atoms with Gasteiger partial charge in [-0.3, -0.25) is 4.79 Å². The lowest BCUT2D eigenvalue weighted by Gasteiger charge is -2.01. The number of aromatic nitrogens is 2. The highest BCUT2D eigenvalue weighted by atomic mass is 32.2. The zero-order valence-corrected chi connectivity index (χ0v) is 13.2. The summed E-state index contributed by atoms with van der Waals surface area (Å²) in [5.74, 6) is 0. The fourth-order valence-corrected chi connectivity index (χ4v) is 3.50. The zero-order chi connectivity index (χ0) is 15.7. The van der Waals surface area contributed by atoms with Crippen LogP contribution in [0.4, 0.5) is 0 Å². The number of aromatic amines is 1. The first-order valence-corrected chi connectivity index (χ1v) is 9.16. The molecule has 7 heteroatoms. The van der Waals surface area contributed by atoms with E-state index in [1.807, 2.05) is 11.4 Å². The number of nitrogens with zero attached hydrogens (tertiary/aromatic N) is 1. The molecule has 112 valence electrons. The number of pyridine rings is 1. The maximum atomic E-state index is 11.6. The van der Waals surface area contributed by atoms with E-state index in [0.717, 1.165) is 11.1 Å². The summed E-state index contributed by atoms with van der Waals surface area (Å²) in [6.45, 7) is 0. The van der Waals surface area contributed by atoms with E-state index in [0.29, 0.717) is 10.7 Å². The molecule has 0 aliphatic carbocycles. The van der Waals surface area contributed by atoms with Crippen LogP contribution < -0.4 is 5.56 Å². The van der Waals surface area contributed by atoms with E-state index in [4.69, 9.17) is 0 Å². The molecular formula is C15H12N2O3S2. The first kappa shape index (κ1) is 14.7. The second kappa shape index (κ2) is 5.51. The topological polar surface area (TPSA) is 79.9 Å².